The van der Waals surface area contributed by atoms with Gasteiger partial charge in [0.1, 0.15) is 0 Å². The molecule has 0 fully saturated rings. The lowest BCUT2D eigenvalue weighted by atomic mass is 10.1. The predicted molar refractivity (Wildman–Crippen MR) is 71.0 cm³/mol. The molecular weight excluding hydrogens is 238 g/mol. The zero-order valence-corrected chi connectivity index (χ0v) is 10.8. The summed E-state index contributed by atoms with van der Waals surface area (Å²) in [5.74, 6) is -0.152. The van der Waals surface area contributed by atoms with Crippen LogP contribution in [0, 0.1) is 0 Å². The molecule has 3 nitrogen and oxygen atoms in total. The fourth-order valence-corrected chi connectivity index (χ4v) is 1.90. The second-order valence-corrected chi connectivity index (χ2v) is 4.21. The molecule has 0 atom stereocenters. The minimum Gasteiger partial charge on any atom is -0.481 e. The summed E-state index contributed by atoms with van der Waals surface area (Å²) in [5.41, 5.74) is 2.19. The SMILES string of the molecule is CCN(CCCl)c1ccc(CCC(=O)O)cc1. The van der Waals surface area contributed by atoms with Gasteiger partial charge >= 0.3 is 5.97 Å². The van der Waals surface area contributed by atoms with Crippen LogP contribution in [0.1, 0.15) is 18.9 Å². The largest absolute Gasteiger partial charge is 0.481 e. The molecule has 1 N–H and O–H groups in total. The standard InChI is InChI=1S/C13H18ClNO2/c1-2-15(10-9-14)12-6-3-11(4-7-12)5-8-13(16)17/h3-4,6-7H,2,5,8-10H2,1H3,(H,16,17). The first kappa shape index (κ1) is 13.8. The van der Waals surface area contributed by atoms with Crippen LogP contribution in [0.25, 0.3) is 0 Å². The smallest absolute Gasteiger partial charge is 0.303 e. The number of benzene rings is 1. The third-order valence-electron chi connectivity index (χ3n) is 2.67. The van der Waals surface area contributed by atoms with Crippen LogP contribution in [-0.4, -0.2) is 30.0 Å². The third-order valence-corrected chi connectivity index (χ3v) is 2.83. The summed E-state index contributed by atoms with van der Waals surface area (Å²) in [7, 11) is 0. The van der Waals surface area contributed by atoms with Gasteiger partial charge in [0.2, 0.25) is 0 Å². The summed E-state index contributed by atoms with van der Waals surface area (Å²) in [6, 6.07) is 8.00. The van der Waals surface area contributed by atoms with Crippen LogP contribution in [-0.2, 0) is 11.2 Å². The predicted octanol–water partition coefficient (Wildman–Crippen LogP) is 2.77. The van der Waals surface area contributed by atoms with Gasteiger partial charge in [0.25, 0.3) is 0 Å². The zero-order chi connectivity index (χ0) is 12.7. The maximum Gasteiger partial charge on any atom is 0.303 e. The van der Waals surface area contributed by atoms with Gasteiger partial charge in [0.15, 0.2) is 0 Å². The van der Waals surface area contributed by atoms with Crippen molar-refractivity contribution in [2.75, 3.05) is 23.9 Å². The van der Waals surface area contributed by atoms with Gasteiger partial charge < -0.3 is 10.0 Å². The quantitative estimate of drug-likeness (QED) is 0.762. The van der Waals surface area contributed by atoms with Gasteiger partial charge in [-0.3, -0.25) is 4.79 Å². The summed E-state index contributed by atoms with van der Waals surface area (Å²) in [4.78, 5) is 12.6. The highest BCUT2D eigenvalue weighted by atomic mass is 35.5. The van der Waals surface area contributed by atoms with Crippen LogP contribution >= 0.6 is 11.6 Å². The van der Waals surface area contributed by atoms with Crippen molar-refractivity contribution in [2.24, 2.45) is 0 Å². The van der Waals surface area contributed by atoms with E-state index in [1.807, 2.05) is 24.3 Å². The van der Waals surface area contributed by atoms with Crippen LogP contribution in [0.4, 0.5) is 5.69 Å². The maximum absolute atomic E-state index is 10.5. The van der Waals surface area contributed by atoms with Crippen molar-refractivity contribution < 1.29 is 9.90 Å². The van der Waals surface area contributed by atoms with E-state index in [-0.39, 0.29) is 6.42 Å². The monoisotopic (exact) mass is 255 g/mol. The summed E-state index contributed by atoms with van der Waals surface area (Å²) in [6.07, 6.45) is 0.760. The number of hydrogen-bond acceptors (Lipinski definition) is 2. The molecule has 0 aliphatic carbocycles. The van der Waals surface area contributed by atoms with Crippen LogP contribution in [0.3, 0.4) is 0 Å². The Labute approximate surface area is 107 Å². The molecule has 0 radical (unpaired) electrons. The highest BCUT2D eigenvalue weighted by Gasteiger charge is 2.04. The first-order valence-corrected chi connectivity index (χ1v) is 6.32. The lowest BCUT2D eigenvalue weighted by Gasteiger charge is -2.22. The van der Waals surface area contributed by atoms with Gasteiger partial charge in [-0.05, 0) is 31.0 Å². The molecule has 4 heteroatoms. The molecular formula is C13H18ClNO2. The number of nitrogens with zero attached hydrogens (tertiary/aromatic N) is 1. The lowest BCUT2D eigenvalue weighted by Crippen LogP contribution is -2.24. The van der Waals surface area contributed by atoms with Crippen molar-refractivity contribution in [3.8, 4) is 0 Å². The van der Waals surface area contributed by atoms with Gasteiger partial charge in [0.05, 0.1) is 0 Å². The first-order valence-electron chi connectivity index (χ1n) is 5.79. The average Bonchev–Trinajstić information content (AvgIpc) is 2.34. The van der Waals surface area contributed by atoms with E-state index in [1.54, 1.807) is 0 Å². The summed E-state index contributed by atoms with van der Waals surface area (Å²) >= 11 is 5.73. The summed E-state index contributed by atoms with van der Waals surface area (Å²) in [5, 5.41) is 8.60. The topological polar surface area (TPSA) is 40.5 Å². The molecule has 0 unspecified atom stereocenters. The second-order valence-electron chi connectivity index (χ2n) is 3.83. The van der Waals surface area contributed by atoms with E-state index in [1.165, 1.54) is 0 Å². The highest BCUT2D eigenvalue weighted by molar-refractivity contribution is 6.18. The van der Waals surface area contributed by atoms with Crippen molar-refractivity contribution in [1.29, 1.82) is 0 Å². The summed E-state index contributed by atoms with van der Waals surface area (Å²) in [6.45, 7) is 3.83. The van der Waals surface area contributed by atoms with E-state index >= 15 is 0 Å². The Kier molecular flexibility index (Phi) is 5.84. The Morgan fingerprint density at radius 3 is 2.47 bits per heavy atom. The molecule has 17 heavy (non-hydrogen) atoms. The Hall–Kier alpha value is -1.22. The minimum absolute atomic E-state index is 0.179. The normalized spacial score (nSPS) is 10.2. The van der Waals surface area contributed by atoms with E-state index < -0.39 is 5.97 Å². The molecule has 0 spiro atoms. The Morgan fingerprint density at radius 2 is 2.00 bits per heavy atom. The van der Waals surface area contributed by atoms with Crippen molar-refractivity contribution >= 4 is 23.3 Å². The molecule has 94 valence electrons. The van der Waals surface area contributed by atoms with Gasteiger partial charge in [-0.2, -0.15) is 0 Å². The molecule has 0 aromatic heterocycles. The first-order chi connectivity index (χ1) is 8.17. The van der Waals surface area contributed by atoms with Gasteiger partial charge in [-0.1, -0.05) is 12.1 Å². The van der Waals surface area contributed by atoms with Gasteiger partial charge in [-0.25, -0.2) is 0 Å². The number of carboxylic acids is 1. The molecule has 1 rings (SSSR count). The zero-order valence-electron chi connectivity index (χ0n) is 10.0. The highest BCUT2D eigenvalue weighted by Crippen LogP contribution is 2.16. The van der Waals surface area contributed by atoms with E-state index in [2.05, 4.69) is 11.8 Å². The molecule has 1 aromatic rings. The number of halogens is 1. The van der Waals surface area contributed by atoms with Crippen LogP contribution in [0.5, 0.6) is 0 Å². The van der Waals surface area contributed by atoms with Crippen molar-refractivity contribution in [1.82, 2.24) is 0 Å². The van der Waals surface area contributed by atoms with E-state index in [9.17, 15) is 4.79 Å². The van der Waals surface area contributed by atoms with Crippen molar-refractivity contribution in [3.05, 3.63) is 29.8 Å². The number of aliphatic carboxylic acids is 1. The summed E-state index contributed by atoms with van der Waals surface area (Å²) < 4.78 is 0. The molecule has 0 aliphatic rings. The van der Waals surface area contributed by atoms with Gasteiger partial charge in [0, 0.05) is 31.1 Å². The van der Waals surface area contributed by atoms with Crippen molar-refractivity contribution in [2.45, 2.75) is 19.8 Å². The van der Waals surface area contributed by atoms with E-state index in [4.69, 9.17) is 16.7 Å². The molecule has 0 heterocycles. The number of carbonyl (C=O) groups is 1. The Balaban J connectivity index is 2.62. The fraction of sp³-hybridized carbons (Fsp3) is 0.462. The number of carboxylic acid groups (broad SMARTS) is 1. The van der Waals surface area contributed by atoms with Crippen LogP contribution < -0.4 is 4.90 Å². The molecule has 1 aromatic carbocycles. The van der Waals surface area contributed by atoms with E-state index in [0.717, 1.165) is 24.3 Å². The molecule has 0 saturated carbocycles. The third kappa shape index (κ3) is 4.65. The molecule has 0 saturated heterocycles. The number of anilines is 1. The molecule has 0 aliphatic heterocycles. The lowest BCUT2D eigenvalue weighted by molar-refractivity contribution is -0.136. The Bertz CT molecular complexity index is 351. The second kappa shape index (κ2) is 7.17. The minimum atomic E-state index is -0.758. The maximum atomic E-state index is 10.5. The fourth-order valence-electron chi connectivity index (χ4n) is 1.70. The number of hydrogen-bond donors (Lipinski definition) is 1. The van der Waals surface area contributed by atoms with Crippen LogP contribution in [0.2, 0.25) is 0 Å². The Morgan fingerprint density at radius 1 is 1.35 bits per heavy atom. The number of rotatable bonds is 7. The number of aryl methyl sites for hydroxylation is 1. The average molecular weight is 256 g/mol. The number of alkyl halides is 1. The van der Waals surface area contributed by atoms with E-state index in [0.29, 0.717) is 12.3 Å². The van der Waals surface area contributed by atoms with Crippen molar-refractivity contribution in [3.63, 3.8) is 0 Å². The van der Waals surface area contributed by atoms with Crippen LogP contribution in [0.15, 0.2) is 24.3 Å². The molecule has 0 bridgehead atoms. The van der Waals surface area contributed by atoms with Gasteiger partial charge in [-0.15, -0.1) is 11.6 Å². The molecule has 0 amide bonds.